The molecule has 0 fully saturated rings. The van der Waals surface area contributed by atoms with E-state index in [9.17, 15) is 0 Å². The summed E-state index contributed by atoms with van der Waals surface area (Å²) in [5.74, 6) is 0. The number of para-hydroxylation sites is 1. The summed E-state index contributed by atoms with van der Waals surface area (Å²) in [5.41, 5.74) is 10.9. The van der Waals surface area contributed by atoms with Crippen molar-refractivity contribution in [3.8, 4) is 67.3 Å². The Morgan fingerprint density at radius 1 is 0.410 bits per heavy atom. The van der Waals surface area contributed by atoms with Gasteiger partial charge in [0.15, 0.2) is 0 Å². The molecule has 0 spiro atoms. The number of aliphatic hydroxyl groups excluding tert-OH is 3. The first-order chi connectivity index (χ1) is 55.9. The van der Waals surface area contributed by atoms with Crippen molar-refractivity contribution in [1.29, 1.82) is 0 Å². The van der Waals surface area contributed by atoms with Gasteiger partial charge in [0.2, 0.25) is 11.4 Å². The number of rotatable bonds is 8. The zero-order valence-electron chi connectivity index (χ0n) is 79.1. The Morgan fingerprint density at radius 2 is 0.860 bits per heavy atom. The Balaban J connectivity index is 0.000000245. The second-order valence-corrected chi connectivity index (χ2v) is 24.0. The van der Waals surface area contributed by atoms with Gasteiger partial charge in [0.05, 0.1) is 11.3 Å². The molecule has 0 saturated heterocycles. The average Bonchev–Trinajstić information content (AvgIpc) is 1.59. The third-order valence-electron chi connectivity index (χ3n) is 14.6. The van der Waals surface area contributed by atoms with Gasteiger partial charge in [-0.1, -0.05) is 185 Å². The van der Waals surface area contributed by atoms with Gasteiger partial charge in [0.25, 0.3) is 0 Å². The van der Waals surface area contributed by atoms with Crippen molar-refractivity contribution in [1.82, 2.24) is 29.9 Å². The van der Waals surface area contributed by atoms with Crippen molar-refractivity contribution in [3.63, 3.8) is 0 Å². The van der Waals surface area contributed by atoms with Gasteiger partial charge in [0.1, 0.15) is 5.58 Å². The van der Waals surface area contributed by atoms with Crippen LogP contribution in [0.25, 0.3) is 111 Å². The minimum absolute atomic E-state index is 0. The van der Waals surface area contributed by atoms with E-state index in [0.717, 1.165) is 48.6 Å². The van der Waals surface area contributed by atoms with Gasteiger partial charge in [-0.25, -0.2) is 9.97 Å². The zero-order valence-corrected chi connectivity index (χ0v) is 61.9. The summed E-state index contributed by atoms with van der Waals surface area (Å²) in [6.07, 6.45) is 2.76. The second kappa shape index (κ2) is 36.9. The molecule has 11 nitrogen and oxygen atoms in total. The summed E-state index contributed by atoms with van der Waals surface area (Å²) in [4.78, 5) is 25.8. The van der Waals surface area contributed by atoms with Crippen LogP contribution >= 0.6 is 0 Å². The summed E-state index contributed by atoms with van der Waals surface area (Å²) in [6, 6.07) is 59.9. The van der Waals surface area contributed by atoms with Crippen LogP contribution in [0.2, 0.25) is 0 Å². The molecule has 0 saturated carbocycles. The molecule has 8 aromatic heterocycles. The molecular weight excluding hydrogens is 1590 g/mol. The predicted molar refractivity (Wildman–Crippen MR) is 405 cm³/mol. The van der Waals surface area contributed by atoms with Gasteiger partial charge in [0, 0.05) is 150 Å². The number of hydrogen-bond acceptors (Lipinski definition) is 11. The monoisotopic (exact) mass is 1710 g/mol. The van der Waals surface area contributed by atoms with Gasteiger partial charge in [-0.2, -0.15) is 0 Å². The van der Waals surface area contributed by atoms with E-state index >= 15 is 0 Å². The Bertz CT molecular complexity index is 5520. The molecule has 0 unspecified atom stereocenters. The molecule has 2 radical (unpaired) electrons. The first-order valence-corrected chi connectivity index (χ1v) is 31.0. The number of fused-ring (bicyclic) bond motifs is 6. The normalized spacial score (nSPS) is 15.0. The summed E-state index contributed by atoms with van der Waals surface area (Å²) in [5, 5.41) is 24.0. The third kappa shape index (κ3) is 20.6. The van der Waals surface area contributed by atoms with E-state index < -0.39 is 64.7 Å². The number of pyridine rings is 6. The Labute approximate surface area is 649 Å². The predicted octanol–water partition coefficient (Wildman–Crippen LogP) is 20.8. The minimum atomic E-state index is -2.32. The number of aromatic nitrogens is 6. The fraction of sp³-hybridized carbons (Fsp3) is 0.241. The van der Waals surface area contributed by atoms with Gasteiger partial charge in [-0.3, -0.25) is 4.98 Å². The standard InChI is InChI=1S/C22H22N2O.C22H21N2O.2C20H18N.3CH4O.2Ir/c2*1-14-8-9-17-16-6-5-7-18(20(16)25-21(17)24-14)19-12-15(10-11-23-19)13-22(2,3)4;2*1-14-9-10-18(20-11-15(2)16(3)13-21-20)12-19(14)17-7-5-4-6-8-17;3*1-2;;/h5-12H,13H2,1-4H3;5-6,8-12H,13H2,1-4H3;2*4-9,11-13H,1-3H3;3*2H,1H3;;/q;3*-1;;;;;/i2*1D3,13D2;2*1D3,3D3;;;;;. The maximum absolute atomic E-state index is 8.56. The van der Waals surface area contributed by atoms with Crippen LogP contribution in [0.15, 0.2) is 210 Å². The van der Waals surface area contributed by atoms with Gasteiger partial charge in [-0.05, 0) is 158 Å². The first kappa shape index (κ1) is 52.9. The molecule has 14 rings (SSSR count). The largest absolute Gasteiger partial charge is 0.486 e. The number of benzene rings is 6. The van der Waals surface area contributed by atoms with Crippen LogP contribution < -0.4 is 0 Å². The molecule has 0 amide bonds. The van der Waals surface area contributed by atoms with Crippen molar-refractivity contribution < 1.29 is 94.5 Å². The SMILES string of the molecule is CO.CO.CO.[2H]C([2H])([2H])c1ccc2c(n1)oc1c(-c3cc(C([2H])([2H])C(C)(C)C)ccn3)[c-]ccc12.[2H]C([2H])([2H])c1ccc2c(n1)oc1c(-c3cc(C([2H])([2H])C(C)(C)C)ccn3)cccc12.[2H]C([2H])([2H])c1cnc(-c2[c-]cc(C([2H])([2H])[2H])c(-c3ccccc3)c2)cc1C.[2H]C([2H])([2H])c1cnc(-c2[c-]cc(C([2H])([2H])[2H])c(-c3ccccc3)c2)cc1C.[Ir].[Ir]. The van der Waals surface area contributed by atoms with E-state index in [-0.39, 0.29) is 85.3 Å². The summed E-state index contributed by atoms with van der Waals surface area (Å²) in [7, 11) is 3.00. The van der Waals surface area contributed by atoms with Crippen LogP contribution in [0.4, 0.5) is 0 Å². The maximum atomic E-state index is 8.56. The Kier molecular flexibility index (Phi) is 19.5. The van der Waals surface area contributed by atoms with Crippen LogP contribution in [-0.4, -0.2) is 66.6 Å². The van der Waals surface area contributed by atoms with E-state index in [1.54, 1.807) is 93.0 Å². The third-order valence-corrected chi connectivity index (χ3v) is 14.6. The molecular formula is C87H91Ir2N6O5-3. The molecule has 0 bridgehead atoms. The van der Waals surface area contributed by atoms with Crippen molar-refractivity contribution in [2.24, 2.45) is 10.8 Å². The minimum Gasteiger partial charge on any atom is -0.486 e. The van der Waals surface area contributed by atoms with E-state index in [0.29, 0.717) is 95.0 Å². The number of hydrogen-bond donors (Lipinski definition) is 3. The van der Waals surface area contributed by atoms with Crippen molar-refractivity contribution in [3.05, 3.63) is 275 Å². The number of nitrogens with zero attached hydrogens (tertiary/aromatic N) is 6. The van der Waals surface area contributed by atoms with Crippen LogP contribution in [0.3, 0.4) is 0 Å². The van der Waals surface area contributed by atoms with E-state index in [2.05, 4.69) is 48.1 Å². The maximum Gasteiger partial charge on any atom is 0.227 e. The molecule has 0 atom stereocenters. The molecule has 8 heterocycles. The van der Waals surface area contributed by atoms with Gasteiger partial charge in [-0.15, -0.1) is 76.9 Å². The van der Waals surface area contributed by atoms with Crippen molar-refractivity contribution in [2.45, 2.75) is 109 Å². The number of aliphatic hydroxyl groups is 3. The van der Waals surface area contributed by atoms with E-state index in [4.69, 9.17) is 54.3 Å². The van der Waals surface area contributed by atoms with Crippen LogP contribution in [-0.2, 0) is 53.0 Å². The Morgan fingerprint density at radius 3 is 1.31 bits per heavy atom. The molecule has 100 heavy (non-hydrogen) atoms. The first-order valence-electron chi connectivity index (χ1n) is 42.0. The molecule has 14 aromatic rings. The topological polar surface area (TPSA) is 164 Å². The molecule has 0 aliphatic carbocycles. The van der Waals surface area contributed by atoms with Crippen LogP contribution in [0, 0.1) is 84.0 Å². The number of aryl methyl sites for hydroxylation is 8. The molecule has 6 aromatic carbocycles. The molecule has 0 aliphatic heterocycles. The van der Waals surface area contributed by atoms with Gasteiger partial charge >= 0.3 is 0 Å². The molecule has 520 valence electrons. The summed E-state index contributed by atoms with van der Waals surface area (Å²) < 4.78 is 184. The second-order valence-electron chi connectivity index (χ2n) is 24.0. The van der Waals surface area contributed by atoms with Crippen LogP contribution in [0.5, 0.6) is 0 Å². The van der Waals surface area contributed by atoms with Crippen molar-refractivity contribution >= 4 is 44.1 Å². The smallest absolute Gasteiger partial charge is 0.227 e. The quantitative estimate of drug-likeness (QED) is 0.124. The zero-order chi connectivity index (χ0) is 89.4. The fourth-order valence-corrected chi connectivity index (χ4v) is 10.3. The molecule has 3 N–H and O–H groups in total. The Hall–Kier alpha value is -9.00. The number of furan rings is 2. The fourth-order valence-electron chi connectivity index (χ4n) is 10.3. The average molecular weight is 1710 g/mol. The summed E-state index contributed by atoms with van der Waals surface area (Å²) >= 11 is 0. The van der Waals surface area contributed by atoms with Crippen LogP contribution in [0.1, 0.15) is 128 Å². The van der Waals surface area contributed by atoms with Gasteiger partial charge < -0.3 is 39.1 Å². The van der Waals surface area contributed by atoms with Crippen molar-refractivity contribution in [2.75, 3.05) is 21.3 Å². The molecule has 0 aliphatic rings. The van der Waals surface area contributed by atoms with E-state index in [1.807, 2.05) is 126 Å². The van der Waals surface area contributed by atoms with E-state index in [1.165, 1.54) is 36.7 Å². The summed E-state index contributed by atoms with van der Waals surface area (Å²) in [6.45, 7) is 0.977. The molecule has 13 heteroatoms.